The topological polar surface area (TPSA) is 89.5 Å². The summed E-state index contributed by atoms with van der Waals surface area (Å²) in [6, 6.07) is 21.1. The normalized spacial score (nSPS) is 23.4. The largest absolute Gasteiger partial charge is 0.493 e. The first-order valence-corrected chi connectivity index (χ1v) is 23.7. The molecule has 60 heavy (non-hydrogen) atoms. The van der Waals surface area contributed by atoms with Gasteiger partial charge in [0.2, 0.25) is 0 Å². The van der Waals surface area contributed by atoms with E-state index in [9.17, 15) is 4.79 Å². The molecule has 5 heterocycles. The second kappa shape index (κ2) is 16.0. The summed E-state index contributed by atoms with van der Waals surface area (Å²) in [5, 5.41) is 2.43. The molecular formula is C46H56BrF2N5O5Si. The summed E-state index contributed by atoms with van der Waals surface area (Å²) in [6.07, 6.45) is 3.65. The summed E-state index contributed by atoms with van der Waals surface area (Å²) in [5.74, 6) is -1.63. The molecule has 3 aromatic carbocycles. The molecule has 4 aliphatic heterocycles. The second-order valence-corrected chi connectivity index (χ2v) is 24.0. The highest BCUT2D eigenvalue weighted by molar-refractivity contribution is 9.10. The number of ether oxygens (including phenoxy) is 3. The zero-order valence-electron chi connectivity index (χ0n) is 35.7. The van der Waals surface area contributed by atoms with Crippen molar-refractivity contribution in [2.75, 3.05) is 44.9 Å². The Morgan fingerprint density at radius 1 is 0.933 bits per heavy atom. The van der Waals surface area contributed by atoms with Crippen LogP contribution in [0.2, 0.25) is 5.04 Å². The van der Waals surface area contributed by atoms with Crippen LogP contribution in [0.5, 0.6) is 11.8 Å². The third kappa shape index (κ3) is 7.49. The molecule has 4 aliphatic rings. The zero-order chi connectivity index (χ0) is 42.8. The van der Waals surface area contributed by atoms with E-state index in [1.165, 1.54) is 17.5 Å². The van der Waals surface area contributed by atoms with Crippen molar-refractivity contribution < 1.29 is 32.2 Å². The Morgan fingerprint density at radius 3 is 2.12 bits per heavy atom. The number of methoxy groups -OCH3 is 1. The third-order valence-corrected chi connectivity index (χ3v) is 18.5. The van der Waals surface area contributed by atoms with Gasteiger partial charge >= 0.3 is 12.1 Å². The molecule has 4 aromatic rings. The number of aromatic nitrogens is 2. The summed E-state index contributed by atoms with van der Waals surface area (Å²) >= 11 is 3.10. The van der Waals surface area contributed by atoms with E-state index in [1.54, 1.807) is 0 Å². The van der Waals surface area contributed by atoms with Gasteiger partial charge in [0.15, 0.2) is 17.4 Å². The van der Waals surface area contributed by atoms with Crippen LogP contribution in [-0.4, -0.2) is 103 Å². The fraction of sp³-hybridized carbons (Fsp3) is 0.500. The van der Waals surface area contributed by atoms with Crippen LogP contribution < -0.4 is 24.7 Å². The van der Waals surface area contributed by atoms with Crippen molar-refractivity contribution in [3.8, 4) is 11.8 Å². The van der Waals surface area contributed by atoms with Gasteiger partial charge in [-0.1, -0.05) is 93.6 Å². The number of hydrogen-bond donors (Lipinski definition) is 0. The van der Waals surface area contributed by atoms with Crippen LogP contribution in [-0.2, 0) is 9.16 Å². The van der Waals surface area contributed by atoms with E-state index < -0.39 is 31.1 Å². The van der Waals surface area contributed by atoms with Gasteiger partial charge in [-0.05, 0) is 84.2 Å². The van der Waals surface area contributed by atoms with Gasteiger partial charge in [-0.3, -0.25) is 9.80 Å². The summed E-state index contributed by atoms with van der Waals surface area (Å²) in [7, 11) is -1.44. The molecule has 4 fully saturated rings. The number of halogens is 3. The highest BCUT2D eigenvalue weighted by Gasteiger charge is 2.55. The van der Waals surface area contributed by atoms with Crippen molar-refractivity contribution in [3.05, 3.63) is 88.9 Å². The smallest absolute Gasteiger partial charge is 0.410 e. The molecule has 4 saturated heterocycles. The maximum absolute atomic E-state index is 16.2. The predicted octanol–water partition coefficient (Wildman–Crippen LogP) is 8.39. The van der Waals surface area contributed by atoms with Gasteiger partial charge < -0.3 is 23.5 Å². The van der Waals surface area contributed by atoms with Gasteiger partial charge in [0.25, 0.3) is 8.32 Å². The number of piperazine rings is 1. The molecule has 0 radical (unpaired) electrons. The van der Waals surface area contributed by atoms with Gasteiger partial charge in [0, 0.05) is 25.7 Å². The fourth-order valence-corrected chi connectivity index (χ4v) is 15.3. The summed E-state index contributed by atoms with van der Waals surface area (Å²) in [6.45, 7) is 19.1. The van der Waals surface area contributed by atoms with E-state index in [0.717, 1.165) is 37.7 Å². The quantitative estimate of drug-likeness (QED) is 0.0885. The van der Waals surface area contributed by atoms with Crippen LogP contribution in [0.4, 0.5) is 19.4 Å². The van der Waals surface area contributed by atoms with E-state index >= 15 is 8.78 Å². The summed E-state index contributed by atoms with van der Waals surface area (Å²) in [4.78, 5) is 29.1. The molecule has 14 heteroatoms. The molecule has 1 aromatic heterocycles. The lowest BCUT2D eigenvalue weighted by molar-refractivity contribution is 0.0122. The highest BCUT2D eigenvalue weighted by atomic mass is 79.9. The minimum absolute atomic E-state index is 0.0160. The lowest BCUT2D eigenvalue weighted by atomic mass is 9.94. The Balaban J connectivity index is 1.09. The number of fused-ring (bicyclic) bond motifs is 4. The van der Waals surface area contributed by atoms with Crippen LogP contribution in [0.3, 0.4) is 0 Å². The SMILES string of the molecule is C=C1CN2[C@H](CO[Si](c3ccccc3)(c3ccccc3)C(C)(C)C)CC[C@@]2(COc2nc(N3CC4CCC(C3)N4C(=O)OC(C)(C)C)c3c(OC)c(F)c(Br)c(F)c3n2)C1. The monoisotopic (exact) mass is 903 g/mol. The minimum atomic E-state index is -2.78. The molecule has 2 bridgehead atoms. The molecular weight excluding hydrogens is 849 g/mol. The molecule has 4 atom stereocenters. The molecule has 0 saturated carbocycles. The Hall–Kier alpha value is -4.11. The molecule has 10 nitrogen and oxygen atoms in total. The van der Waals surface area contributed by atoms with Crippen molar-refractivity contribution in [2.24, 2.45) is 0 Å². The van der Waals surface area contributed by atoms with Crippen LogP contribution in [0, 0.1) is 11.6 Å². The van der Waals surface area contributed by atoms with E-state index in [4.69, 9.17) is 23.6 Å². The van der Waals surface area contributed by atoms with Gasteiger partial charge in [-0.15, -0.1) is 0 Å². The van der Waals surface area contributed by atoms with Crippen molar-refractivity contribution in [3.63, 3.8) is 0 Å². The standard InChI is InChI=1S/C46H56BrF2N5O5Si/c1-29-23-46(22-21-32(53(46)24-29)27-58-60(45(5,6)7,33-15-11-9-12-16-33)34-17-13-10-14-18-34)28-57-42-50-39-35(40(56-8)38(49)36(47)37(39)48)41(51-42)52-25-30-19-20-31(26-52)54(30)43(55)59-44(2,3)4/h9-18,30-32H,1,19-28H2,2-8H3/t30?,31?,32-,46-/m0/s1. The highest BCUT2D eigenvalue weighted by Crippen LogP contribution is 2.47. The maximum Gasteiger partial charge on any atom is 0.410 e. The first-order valence-electron chi connectivity index (χ1n) is 21.0. The number of rotatable bonds is 10. The Kier molecular flexibility index (Phi) is 11.3. The minimum Gasteiger partial charge on any atom is -0.493 e. The van der Waals surface area contributed by atoms with Crippen molar-refractivity contribution in [1.29, 1.82) is 0 Å². The lowest BCUT2D eigenvalue weighted by Crippen LogP contribution is -2.67. The Labute approximate surface area is 361 Å². The van der Waals surface area contributed by atoms with Crippen molar-refractivity contribution >= 4 is 57.4 Å². The zero-order valence-corrected chi connectivity index (χ0v) is 38.3. The predicted molar refractivity (Wildman–Crippen MR) is 236 cm³/mol. The van der Waals surface area contributed by atoms with E-state index in [-0.39, 0.29) is 63.0 Å². The lowest BCUT2D eigenvalue weighted by Gasteiger charge is -2.44. The summed E-state index contributed by atoms with van der Waals surface area (Å²) in [5.41, 5.74) is -0.0423. The van der Waals surface area contributed by atoms with Gasteiger partial charge in [-0.25, -0.2) is 13.6 Å². The molecule has 0 aliphatic carbocycles. The average molecular weight is 905 g/mol. The number of nitrogens with zero attached hydrogens (tertiary/aromatic N) is 5. The van der Waals surface area contributed by atoms with Crippen LogP contribution in [0.25, 0.3) is 10.9 Å². The van der Waals surface area contributed by atoms with Crippen molar-refractivity contribution in [1.82, 2.24) is 19.8 Å². The molecule has 2 unspecified atom stereocenters. The number of carbonyl (C=O) groups excluding carboxylic acids is 1. The molecule has 0 N–H and O–H groups in total. The fourth-order valence-electron chi connectivity index (χ4n) is 10.3. The van der Waals surface area contributed by atoms with E-state index in [2.05, 4.69) is 114 Å². The first kappa shape index (κ1) is 42.6. The molecule has 0 spiro atoms. The van der Waals surface area contributed by atoms with Gasteiger partial charge in [0.05, 0.1) is 41.2 Å². The Bertz CT molecular complexity index is 2220. The first-order chi connectivity index (χ1) is 28.5. The average Bonchev–Trinajstić information content (AvgIpc) is 3.81. The van der Waals surface area contributed by atoms with Gasteiger partial charge in [-0.2, -0.15) is 9.97 Å². The number of anilines is 1. The Morgan fingerprint density at radius 2 is 1.55 bits per heavy atom. The van der Waals surface area contributed by atoms with Crippen molar-refractivity contribution in [2.45, 2.75) is 108 Å². The van der Waals surface area contributed by atoms with Crippen LogP contribution in [0.1, 0.15) is 73.6 Å². The third-order valence-electron chi connectivity index (χ3n) is 12.8. The van der Waals surface area contributed by atoms with Crippen LogP contribution in [0.15, 0.2) is 77.3 Å². The number of benzene rings is 3. The maximum atomic E-state index is 16.2. The van der Waals surface area contributed by atoms with Gasteiger partial charge in [0.1, 0.15) is 23.5 Å². The van der Waals surface area contributed by atoms with E-state index in [0.29, 0.717) is 32.1 Å². The van der Waals surface area contributed by atoms with Crippen LogP contribution >= 0.6 is 15.9 Å². The summed E-state index contributed by atoms with van der Waals surface area (Å²) < 4.78 is 56.8. The van der Waals surface area contributed by atoms with E-state index in [1.807, 2.05) is 30.6 Å². The molecule has 320 valence electrons. The molecule has 1 amide bonds. The number of hydrogen-bond acceptors (Lipinski definition) is 9. The molecule has 8 rings (SSSR count). The number of amides is 1. The number of carbonyl (C=O) groups is 1. The second-order valence-electron chi connectivity index (χ2n) is 18.9.